The normalized spacial score (nSPS) is 11.0. The van der Waals surface area contributed by atoms with E-state index in [0.717, 1.165) is 11.1 Å². The van der Waals surface area contributed by atoms with Gasteiger partial charge in [-0.2, -0.15) is 0 Å². The van der Waals surface area contributed by atoms with E-state index in [0.29, 0.717) is 34.2 Å². The van der Waals surface area contributed by atoms with Crippen molar-refractivity contribution in [1.29, 1.82) is 0 Å². The van der Waals surface area contributed by atoms with Gasteiger partial charge in [0.1, 0.15) is 11.4 Å². The fraction of sp³-hybridized carbons (Fsp3) is 0.185. The Balaban J connectivity index is 1.80. The van der Waals surface area contributed by atoms with Crippen molar-refractivity contribution in [3.63, 3.8) is 0 Å². The number of benzene rings is 3. The minimum absolute atomic E-state index is 0.0109. The smallest absolute Gasteiger partial charge is 0.203 e. The highest BCUT2D eigenvalue weighted by Gasteiger charge is 2.12. The van der Waals surface area contributed by atoms with Crippen molar-refractivity contribution in [3.8, 4) is 23.0 Å². The maximum atomic E-state index is 12.3. The number of ether oxygens (including phenoxy) is 4. The molecule has 6 heteroatoms. The number of Topliss-reactive ketones (excluding diaryl/α,β-unsaturated/α-hetero) is 1. The Morgan fingerprint density at radius 1 is 0.758 bits per heavy atom. The van der Waals surface area contributed by atoms with Crippen molar-refractivity contribution in [2.24, 2.45) is 4.99 Å². The van der Waals surface area contributed by atoms with Crippen LogP contribution in [0.5, 0.6) is 23.0 Å². The molecular weight excluding hydrogens is 418 g/mol. The summed E-state index contributed by atoms with van der Waals surface area (Å²) in [6.45, 7) is 0. The molecule has 0 bridgehead atoms. The van der Waals surface area contributed by atoms with Crippen molar-refractivity contribution >= 4 is 29.8 Å². The monoisotopic (exact) mass is 445 g/mol. The number of carbonyl (C=O) groups is 1. The fourth-order valence-corrected chi connectivity index (χ4v) is 3.27. The quantitative estimate of drug-likeness (QED) is 0.222. The van der Waals surface area contributed by atoms with E-state index < -0.39 is 0 Å². The van der Waals surface area contributed by atoms with E-state index in [2.05, 4.69) is 4.99 Å². The van der Waals surface area contributed by atoms with Gasteiger partial charge in [0, 0.05) is 18.2 Å². The first-order chi connectivity index (χ1) is 16.1. The minimum atomic E-state index is 0.0109. The Labute approximate surface area is 194 Å². The lowest BCUT2D eigenvalue weighted by atomic mass is 10.1. The predicted octanol–water partition coefficient (Wildman–Crippen LogP) is 5.87. The summed E-state index contributed by atoms with van der Waals surface area (Å²) in [6.07, 6.45) is 5.71. The van der Waals surface area contributed by atoms with Gasteiger partial charge in [0.2, 0.25) is 5.75 Å². The second-order valence-electron chi connectivity index (χ2n) is 7.03. The van der Waals surface area contributed by atoms with E-state index in [4.69, 9.17) is 18.9 Å². The minimum Gasteiger partial charge on any atom is -0.494 e. The summed E-state index contributed by atoms with van der Waals surface area (Å²) < 4.78 is 21.6. The van der Waals surface area contributed by atoms with Crippen LogP contribution in [0.15, 0.2) is 65.7 Å². The number of hydrogen-bond acceptors (Lipinski definition) is 6. The van der Waals surface area contributed by atoms with Crippen LogP contribution < -0.4 is 18.9 Å². The third-order valence-electron chi connectivity index (χ3n) is 4.96. The van der Waals surface area contributed by atoms with E-state index in [-0.39, 0.29) is 12.2 Å². The average Bonchev–Trinajstić information content (AvgIpc) is 2.87. The first-order valence-corrected chi connectivity index (χ1v) is 10.4. The van der Waals surface area contributed by atoms with Crippen LogP contribution in [-0.2, 0) is 0 Å². The summed E-state index contributed by atoms with van der Waals surface area (Å²) in [6, 6.07) is 18.6. The molecule has 0 aliphatic rings. The SMILES string of the molecule is COc1ccc(/C=C\c2cc(OC)c(OC)c(OC)c2)cc1N=CCC(=O)c1ccccc1. The molecule has 0 amide bonds. The molecule has 0 aliphatic carbocycles. The van der Waals surface area contributed by atoms with Crippen LogP contribution >= 0.6 is 0 Å². The number of methoxy groups -OCH3 is 4. The zero-order chi connectivity index (χ0) is 23.6. The largest absolute Gasteiger partial charge is 0.494 e. The fourth-order valence-electron chi connectivity index (χ4n) is 3.27. The molecule has 0 N–H and O–H groups in total. The third kappa shape index (κ3) is 6.01. The van der Waals surface area contributed by atoms with Crippen molar-refractivity contribution in [2.45, 2.75) is 6.42 Å². The number of hydrogen-bond donors (Lipinski definition) is 0. The molecule has 170 valence electrons. The number of rotatable bonds is 10. The van der Waals surface area contributed by atoms with Crippen molar-refractivity contribution in [1.82, 2.24) is 0 Å². The second-order valence-corrected chi connectivity index (χ2v) is 7.03. The second kappa shape index (κ2) is 11.5. The lowest BCUT2D eigenvalue weighted by Gasteiger charge is -2.12. The van der Waals surface area contributed by atoms with Crippen LogP contribution in [0.25, 0.3) is 12.2 Å². The van der Waals surface area contributed by atoms with Gasteiger partial charge in [-0.25, -0.2) is 0 Å². The van der Waals surface area contributed by atoms with Crippen LogP contribution in [0, 0.1) is 0 Å². The molecule has 3 aromatic carbocycles. The molecule has 0 unspecified atom stereocenters. The van der Waals surface area contributed by atoms with Crippen LogP contribution in [0.2, 0.25) is 0 Å². The summed E-state index contributed by atoms with van der Waals surface area (Å²) in [5, 5.41) is 0. The summed E-state index contributed by atoms with van der Waals surface area (Å²) >= 11 is 0. The Kier molecular flexibility index (Phi) is 8.24. The Bertz CT molecular complexity index is 1130. The highest BCUT2D eigenvalue weighted by atomic mass is 16.5. The van der Waals surface area contributed by atoms with Crippen molar-refractivity contribution in [2.75, 3.05) is 28.4 Å². The summed E-state index contributed by atoms with van der Waals surface area (Å²) in [4.78, 5) is 16.8. The lowest BCUT2D eigenvalue weighted by molar-refractivity contribution is 0.100. The zero-order valence-corrected chi connectivity index (χ0v) is 19.2. The van der Waals surface area contributed by atoms with Gasteiger partial charge in [-0.1, -0.05) is 48.6 Å². The van der Waals surface area contributed by atoms with Gasteiger partial charge in [0.05, 0.1) is 28.4 Å². The molecule has 0 spiro atoms. The molecule has 3 rings (SSSR count). The molecule has 3 aromatic rings. The van der Waals surface area contributed by atoms with Crippen LogP contribution in [-0.4, -0.2) is 40.4 Å². The maximum absolute atomic E-state index is 12.3. The van der Waals surface area contributed by atoms with Gasteiger partial charge < -0.3 is 18.9 Å². The van der Waals surface area contributed by atoms with E-state index in [1.807, 2.05) is 60.7 Å². The standard InChI is InChI=1S/C27H27NO5/c1-30-24-13-12-19(10-11-20-17-25(31-2)27(33-4)26(18-20)32-3)16-22(24)28-15-14-23(29)21-8-6-5-7-9-21/h5-13,15-18H,14H2,1-4H3/b11-10-,28-15?. The topological polar surface area (TPSA) is 66.3 Å². The highest BCUT2D eigenvalue weighted by Crippen LogP contribution is 2.38. The summed E-state index contributed by atoms with van der Waals surface area (Å²) in [5.41, 5.74) is 3.12. The molecular formula is C27H27NO5. The van der Waals surface area contributed by atoms with Gasteiger partial charge >= 0.3 is 0 Å². The predicted molar refractivity (Wildman–Crippen MR) is 132 cm³/mol. The molecule has 0 radical (unpaired) electrons. The first kappa shape index (κ1) is 23.6. The Morgan fingerprint density at radius 3 is 2.00 bits per heavy atom. The van der Waals surface area contributed by atoms with E-state index in [1.165, 1.54) is 0 Å². The molecule has 0 fully saturated rings. The molecule has 0 aromatic heterocycles. The van der Waals surface area contributed by atoms with Crippen LogP contribution in [0.1, 0.15) is 27.9 Å². The molecule has 0 aliphatic heterocycles. The summed E-state index contributed by atoms with van der Waals surface area (Å²) in [5.74, 6) is 2.35. The van der Waals surface area contributed by atoms with Gasteiger partial charge in [-0.05, 0) is 35.4 Å². The van der Waals surface area contributed by atoms with E-state index in [9.17, 15) is 4.79 Å². The lowest BCUT2D eigenvalue weighted by Crippen LogP contribution is -1.98. The van der Waals surface area contributed by atoms with E-state index >= 15 is 0 Å². The number of aliphatic imine (C=N–C) groups is 1. The van der Waals surface area contributed by atoms with Gasteiger partial charge in [-0.15, -0.1) is 0 Å². The van der Waals surface area contributed by atoms with E-state index in [1.54, 1.807) is 46.8 Å². The van der Waals surface area contributed by atoms with Crippen LogP contribution in [0.4, 0.5) is 5.69 Å². The molecule has 33 heavy (non-hydrogen) atoms. The van der Waals surface area contributed by atoms with Crippen molar-refractivity contribution in [3.05, 3.63) is 77.4 Å². The Morgan fingerprint density at radius 2 is 1.39 bits per heavy atom. The maximum Gasteiger partial charge on any atom is 0.203 e. The van der Waals surface area contributed by atoms with Gasteiger partial charge in [0.25, 0.3) is 0 Å². The number of nitrogens with zero attached hydrogens (tertiary/aromatic N) is 1. The van der Waals surface area contributed by atoms with Crippen LogP contribution in [0.3, 0.4) is 0 Å². The molecule has 6 nitrogen and oxygen atoms in total. The zero-order valence-electron chi connectivity index (χ0n) is 19.2. The summed E-state index contributed by atoms with van der Waals surface area (Å²) in [7, 11) is 6.33. The number of carbonyl (C=O) groups excluding carboxylic acids is 1. The van der Waals surface area contributed by atoms with Crippen molar-refractivity contribution < 1.29 is 23.7 Å². The molecule has 0 saturated heterocycles. The first-order valence-electron chi connectivity index (χ1n) is 10.4. The molecule has 0 atom stereocenters. The number of ketones is 1. The average molecular weight is 446 g/mol. The molecule has 0 saturated carbocycles. The highest BCUT2D eigenvalue weighted by molar-refractivity contribution is 6.03. The van der Waals surface area contributed by atoms with Gasteiger partial charge in [0.15, 0.2) is 17.3 Å². The third-order valence-corrected chi connectivity index (χ3v) is 4.96. The van der Waals surface area contributed by atoms with Gasteiger partial charge in [-0.3, -0.25) is 9.79 Å². The molecule has 0 heterocycles. The Hall–Kier alpha value is -4.06.